The van der Waals surface area contributed by atoms with Gasteiger partial charge in [0.25, 0.3) is 11.5 Å². The zero-order valence-electron chi connectivity index (χ0n) is 28.7. The minimum Gasteiger partial charge on any atom is -0.444 e. The van der Waals surface area contributed by atoms with E-state index in [-0.39, 0.29) is 39.6 Å². The highest BCUT2D eigenvalue weighted by molar-refractivity contribution is 7.91. The average Bonchev–Trinajstić information content (AvgIpc) is 3.35. The molecule has 1 N–H and O–H groups in total. The lowest BCUT2D eigenvalue weighted by Crippen LogP contribution is -2.57. The summed E-state index contributed by atoms with van der Waals surface area (Å²) in [6.45, 7) is 1.87. The summed E-state index contributed by atoms with van der Waals surface area (Å²) in [4.78, 5) is 47.5. The summed E-state index contributed by atoms with van der Waals surface area (Å²) in [6.07, 6.45) is 3.99. The first-order valence-electron chi connectivity index (χ1n) is 16.8. The van der Waals surface area contributed by atoms with Crippen molar-refractivity contribution in [2.75, 3.05) is 0 Å². The molecule has 0 radical (unpaired) electrons. The number of halogens is 3. The van der Waals surface area contributed by atoms with Crippen LogP contribution in [0.15, 0.2) is 44.7 Å². The van der Waals surface area contributed by atoms with Gasteiger partial charge in [0.15, 0.2) is 0 Å². The molecule has 3 fully saturated rings. The summed E-state index contributed by atoms with van der Waals surface area (Å²) in [5.74, 6) is -2.13. The highest BCUT2D eigenvalue weighted by Gasteiger charge is 2.52. The van der Waals surface area contributed by atoms with Crippen LogP contribution in [0.2, 0.25) is 0 Å². The van der Waals surface area contributed by atoms with E-state index in [1.165, 1.54) is 33.2 Å². The van der Waals surface area contributed by atoms with Crippen LogP contribution in [0.25, 0.3) is 21.0 Å². The van der Waals surface area contributed by atoms with Gasteiger partial charge in [-0.2, -0.15) is 8.78 Å². The Morgan fingerprint density at radius 1 is 1.19 bits per heavy atom. The Hall–Kier alpha value is -4.00. The lowest BCUT2D eigenvalue weighted by molar-refractivity contribution is -0.126. The van der Waals surface area contributed by atoms with Gasteiger partial charge in [-0.1, -0.05) is 0 Å². The first-order chi connectivity index (χ1) is 24.5. The summed E-state index contributed by atoms with van der Waals surface area (Å²) in [6, 6.07) is 3.00. The van der Waals surface area contributed by atoms with Gasteiger partial charge < -0.3 is 18.6 Å². The number of alkyl halides is 2. The second-order valence-corrected chi connectivity index (χ2v) is 17.5. The maximum absolute atomic E-state index is 14.9. The van der Waals surface area contributed by atoms with Gasteiger partial charge in [-0.05, 0) is 90.0 Å². The molecule has 1 aromatic carbocycles. The Kier molecular flexibility index (Phi) is 9.19. The fourth-order valence-corrected chi connectivity index (χ4v) is 9.59. The number of nitrogens with zero attached hydrogens (tertiary/aromatic N) is 3. The van der Waals surface area contributed by atoms with E-state index in [0.717, 1.165) is 46.9 Å². The lowest BCUT2D eigenvalue weighted by atomic mass is 10.0. The number of carbonyl (C=O) groups is 1. The third-order valence-corrected chi connectivity index (χ3v) is 13.7. The van der Waals surface area contributed by atoms with E-state index >= 15 is 0 Å². The summed E-state index contributed by atoms with van der Waals surface area (Å²) in [7, 11) is -4.17. The van der Waals surface area contributed by atoms with Crippen LogP contribution >= 0.6 is 11.3 Å². The van der Waals surface area contributed by atoms with Crippen LogP contribution in [0.3, 0.4) is 0 Å². The molecule has 52 heavy (non-hydrogen) atoms. The lowest BCUT2D eigenvalue weighted by Gasteiger charge is -2.33. The van der Waals surface area contributed by atoms with Crippen molar-refractivity contribution < 1.29 is 45.0 Å². The van der Waals surface area contributed by atoms with Crippen molar-refractivity contribution in [3.05, 3.63) is 68.4 Å². The van der Waals surface area contributed by atoms with Gasteiger partial charge in [-0.3, -0.25) is 18.9 Å². The van der Waals surface area contributed by atoms with Crippen molar-refractivity contribution in [1.29, 1.82) is 0 Å². The molecule has 4 aromatic rings. The number of rotatable bonds is 12. The van der Waals surface area contributed by atoms with Crippen molar-refractivity contribution in [3.63, 3.8) is 0 Å². The van der Waals surface area contributed by atoms with E-state index < -0.39 is 68.6 Å². The molecule has 3 aliphatic rings. The fraction of sp³-hybridized carbons (Fsp3) is 0.529. The zero-order chi connectivity index (χ0) is 37.3. The van der Waals surface area contributed by atoms with Crippen molar-refractivity contribution in [1.82, 2.24) is 18.8 Å². The predicted octanol–water partition coefficient (Wildman–Crippen LogP) is 5.13. The van der Waals surface area contributed by atoms with Crippen LogP contribution in [0.5, 0.6) is 5.75 Å². The molecule has 1 unspecified atom stereocenters. The number of carbonyl (C=O) groups excluding carboxylic acids is 1. The molecule has 1 amide bonds. The Morgan fingerprint density at radius 3 is 2.50 bits per heavy atom. The van der Waals surface area contributed by atoms with E-state index in [2.05, 4.69) is 9.71 Å². The van der Waals surface area contributed by atoms with Gasteiger partial charge in [0, 0.05) is 5.56 Å². The minimum atomic E-state index is -4.17. The second kappa shape index (κ2) is 13.1. The summed E-state index contributed by atoms with van der Waals surface area (Å²) in [5, 5.41) is 0.00171. The SMILES string of the molecule is Cc1c(-c2ncco2)sc2c1c(=O)n(C(C)(C)C(=O)NS(=O)(=O)C1(C)CC1)c(=O)n2C[C@H](OC1C[C@H]2CC[C@@H](C1)O2)c1cc(F)ccc1OC(F)F. The quantitative estimate of drug-likeness (QED) is 0.205. The van der Waals surface area contributed by atoms with Crippen LogP contribution in [-0.4, -0.2) is 58.1 Å². The number of sulfonamides is 1. The smallest absolute Gasteiger partial charge is 0.387 e. The molecule has 3 aromatic heterocycles. The van der Waals surface area contributed by atoms with Crippen LogP contribution in [0.4, 0.5) is 13.2 Å². The Labute approximate surface area is 299 Å². The number of ether oxygens (including phenoxy) is 3. The molecule has 2 aliphatic heterocycles. The van der Waals surface area contributed by atoms with Crippen molar-refractivity contribution in [2.45, 2.75) is 114 Å². The molecule has 2 saturated heterocycles. The maximum Gasteiger partial charge on any atom is 0.387 e. The van der Waals surface area contributed by atoms with Crippen LogP contribution < -0.4 is 20.7 Å². The van der Waals surface area contributed by atoms with Gasteiger partial charge in [0.05, 0.1) is 46.1 Å². The van der Waals surface area contributed by atoms with Gasteiger partial charge in [-0.25, -0.2) is 27.2 Å². The Balaban J connectivity index is 1.41. The first kappa shape index (κ1) is 36.4. The largest absolute Gasteiger partial charge is 0.444 e. The van der Waals surface area contributed by atoms with Crippen LogP contribution in [0.1, 0.15) is 76.5 Å². The third kappa shape index (κ3) is 6.47. The Bertz CT molecular complexity index is 2250. The minimum absolute atomic E-state index is 0.00171. The van der Waals surface area contributed by atoms with E-state index in [9.17, 15) is 36.0 Å². The van der Waals surface area contributed by atoms with Crippen molar-refractivity contribution in [2.24, 2.45) is 0 Å². The number of thiophene rings is 1. The molecule has 18 heteroatoms. The number of amides is 1. The van der Waals surface area contributed by atoms with Crippen molar-refractivity contribution >= 4 is 37.5 Å². The van der Waals surface area contributed by atoms with Crippen molar-refractivity contribution in [3.8, 4) is 16.5 Å². The topological polar surface area (TPSA) is 161 Å². The van der Waals surface area contributed by atoms with Gasteiger partial charge >= 0.3 is 12.3 Å². The third-order valence-electron chi connectivity index (χ3n) is 10.3. The molecular formula is C34H37F3N4O9S2. The monoisotopic (exact) mass is 766 g/mol. The molecule has 5 heterocycles. The standard InChI is InChI=1S/C34H37F3N4O9S2/c1-17-25-28(42)41(33(2,3)30(43)39-52(45,46)34(4)9-10-34)32(44)40(29(25)51-26(17)27-38-11-12-47-27)16-24(49-21-14-19-6-7-20(15-21)48-19)22-13-18(35)5-8-23(22)50-31(36)37/h5,8,11-13,19-21,24,31H,6-7,9-10,14-16H2,1-4H3,(H,39,43)/t19-,20+,21?,24-/m0/s1. The fourth-order valence-electron chi connectivity index (χ4n) is 6.96. The number of benzene rings is 1. The maximum atomic E-state index is 14.9. The number of aryl methyl sites for hydroxylation is 1. The molecule has 280 valence electrons. The molecule has 7 rings (SSSR count). The van der Waals surface area contributed by atoms with E-state index in [1.54, 1.807) is 6.92 Å². The number of nitrogens with one attached hydrogen (secondary N) is 1. The predicted molar refractivity (Wildman–Crippen MR) is 182 cm³/mol. The number of hydrogen-bond donors (Lipinski definition) is 1. The van der Waals surface area contributed by atoms with E-state index in [0.29, 0.717) is 40.7 Å². The summed E-state index contributed by atoms with van der Waals surface area (Å²) >= 11 is 0.994. The zero-order valence-corrected chi connectivity index (χ0v) is 30.3. The molecule has 2 bridgehead atoms. The number of hydrogen-bond acceptors (Lipinski definition) is 11. The molecule has 4 atom stereocenters. The number of aromatic nitrogens is 3. The van der Waals surface area contributed by atoms with E-state index in [1.807, 2.05) is 0 Å². The molecule has 13 nitrogen and oxygen atoms in total. The van der Waals surface area contributed by atoms with E-state index in [4.69, 9.17) is 18.6 Å². The second-order valence-electron chi connectivity index (χ2n) is 14.3. The highest BCUT2D eigenvalue weighted by Crippen LogP contribution is 2.43. The van der Waals surface area contributed by atoms with Crippen LogP contribution in [0, 0.1) is 12.7 Å². The number of fused-ring (bicyclic) bond motifs is 3. The molecule has 1 saturated carbocycles. The molecule has 1 aliphatic carbocycles. The van der Waals surface area contributed by atoms with Gasteiger partial charge in [0.1, 0.15) is 34.3 Å². The van der Waals surface area contributed by atoms with Gasteiger partial charge in [0.2, 0.25) is 15.9 Å². The van der Waals surface area contributed by atoms with Crippen LogP contribution in [-0.2, 0) is 36.4 Å². The molecular weight excluding hydrogens is 730 g/mol. The Morgan fingerprint density at radius 2 is 1.88 bits per heavy atom. The summed E-state index contributed by atoms with van der Waals surface area (Å²) < 4.78 is 93.9. The first-order valence-corrected chi connectivity index (χ1v) is 19.1. The van der Waals surface area contributed by atoms with Gasteiger partial charge in [-0.15, -0.1) is 11.3 Å². The highest BCUT2D eigenvalue weighted by atomic mass is 32.2. The number of oxazole rings is 1. The normalized spacial score (nSPS) is 21.8. The average molecular weight is 767 g/mol. The molecule has 0 spiro atoms. The summed E-state index contributed by atoms with van der Waals surface area (Å²) in [5.41, 5.74) is -3.74.